The fourth-order valence-corrected chi connectivity index (χ4v) is 1.77. The van der Waals surface area contributed by atoms with Crippen LogP contribution >= 0.6 is 0 Å². The summed E-state index contributed by atoms with van der Waals surface area (Å²) in [6.07, 6.45) is 2.17. The lowest BCUT2D eigenvalue weighted by Gasteiger charge is -2.05. The van der Waals surface area contributed by atoms with Gasteiger partial charge in [0.1, 0.15) is 0 Å². The highest BCUT2D eigenvalue weighted by atomic mass is 32.2. The molecule has 1 rings (SSSR count). The van der Waals surface area contributed by atoms with Crippen molar-refractivity contribution in [3.05, 3.63) is 23.1 Å². The molecule has 0 radical (unpaired) electrons. The van der Waals surface area contributed by atoms with Crippen molar-refractivity contribution in [2.75, 3.05) is 6.54 Å². The number of hydrogen-bond donors (Lipinski definition) is 1. The van der Waals surface area contributed by atoms with Gasteiger partial charge in [-0.3, -0.25) is 4.55 Å². The first-order chi connectivity index (χ1) is 7.30. The quantitative estimate of drug-likeness (QED) is 0.283. The van der Waals surface area contributed by atoms with E-state index in [1.165, 1.54) is 6.07 Å². The molecule has 90 valence electrons. The van der Waals surface area contributed by atoms with Gasteiger partial charge in [-0.05, 0) is 6.07 Å². The van der Waals surface area contributed by atoms with Crippen molar-refractivity contribution in [1.82, 2.24) is 0 Å². The first kappa shape index (κ1) is 12.7. The topological polar surface area (TPSA) is 93.6 Å². The minimum Gasteiger partial charge on any atom is -0.624 e. The van der Waals surface area contributed by atoms with E-state index in [0.29, 0.717) is 4.74 Å². The fourth-order valence-electron chi connectivity index (χ4n) is 1.18. The molecule has 0 bridgehead atoms. The zero-order chi connectivity index (χ0) is 12.3. The summed E-state index contributed by atoms with van der Waals surface area (Å²) in [6.45, 7) is 3.95. The van der Waals surface area contributed by atoms with Crippen molar-refractivity contribution < 1.29 is 22.1 Å². The van der Waals surface area contributed by atoms with Gasteiger partial charge in [0.2, 0.25) is 0 Å². The molecule has 0 saturated heterocycles. The van der Waals surface area contributed by atoms with Gasteiger partial charge in [-0.25, -0.2) is 4.74 Å². The van der Waals surface area contributed by atoms with E-state index in [0.717, 1.165) is 12.5 Å². The van der Waals surface area contributed by atoms with E-state index in [1.54, 1.807) is 0 Å². The van der Waals surface area contributed by atoms with Gasteiger partial charge in [0.15, 0.2) is 12.8 Å². The van der Waals surface area contributed by atoms with Crippen LogP contribution in [0.15, 0.2) is 21.8 Å². The van der Waals surface area contributed by atoms with E-state index in [1.807, 2.05) is 13.8 Å². The van der Waals surface area contributed by atoms with Gasteiger partial charge >= 0.3 is 10.1 Å². The molecule has 6 nitrogen and oxygen atoms in total. The lowest BCUT2D eigenvalue weighted by Crippen LogP contribution is -2.13. The van der Waals surface area contributed by atoms with E-state index in [-0.39, 0.29) is 18.0 Å². The van der Waals surface area contributed by atoms with Gasteiger partial charge in [-0.15, -0.1) is 0 Å². The molecule has 0 saturated carbocycles. The molecule has 0 aromatic carbocycles. The summed E-state index contributed by atoms with van der Waals surface area (Å²) >= 11 is 0. The van der Waals surface area contributed by atoms with E-state index >= 15 is 0 Å². The summed E-state index contributed by atoms with van der Waals surface area (Å²) in [6, 6.07) is 1.30. The van der Waals surface area contributed by atoms with Crippen molar-refractivity contribution in [2.24, 2.45) is 5.92 Å². The molecule has 0 aliphatic rings. The van der Waals surface area contributed by atoms with Crippen molar-refractivity contribution in [1.29, 1.82) is 0 Å². The smallest absolute Gasteiger partial charge is 0.329 e. The molecule has 0 fully saturated rings. The van der Waals surface area contributed by atoms with Crippen molar-refractivity contribution in [3.8, 4) is 0 Å². The monoisotopic (exact) mass is 247 g/mol. The van der Waals surface area contributed by atoms with Crippen molar-refractivity contribution >= 4 is 16.3 Å². The molecule has 0 unspecified atom stereocenters. The van der Waals surface area contributed by atoms with E-state index in [4.69, 9.17) is 4.55 Å². The molecule has 0 aliphatic heterocycles. The van der Waals surface area contributed by atoms with Crippen LogP contribution in [0.3, 0.4) is 0 Å². The highest BCUT2D eigenvalue weighted by Gasteiger charge is 2.20. The minimum atomic E-state index is -4.43. The van der Waals surface area contributed by atoms with Crippen LogP contribution in [0.25, 0.3) is 0 Å². The number of rotatable bonds is 4. The van der Waals surface area contributed by atoms with E-state index in [2.05, 4.69) is 4.42 Å². The molecule has 0 atom stereocenters. The molecule has 0 spiro atoms. The largest absolute Gasteiger partial charge is 0.624 e. The zero-order valence-electron chi connectivity index (χ0n) is 8.95. The van der Waals surface area contributed by atoms with Crippen LogP contribution in [-0.4, -0.2) is 30.5 Å². The Morgan fingerprint density at radius 1 is 1.62 bits per heavy atom. The Bertz CT molecular complexity index is 486. The molecule has 1 N–H and O–H groups in total. The molecule has 16 heavy (non-hydrogen) atoms. The number of hydroxylamine groups is 1. The summed E-state index contributed by atoms with van der Waals surface area (Å²) in [5, 5.41) is 10.7. The Kier molecular flexibility index (Phi) is 3.71. The van der Waals surface area contributed by atoms with E-state index < -0.39 is 15.2 Å². The SMILES string of the molecule is CC(C)C[N+]([O-])=Cc1ccoc1S(=O)(=O)O. The second-order valence-corrected chi connectivity index (χ2v) is 5.08. The zero-order valence-corrected chi connectivity index (χ0v) is 9.77. The highest BCUT2D eigenvalue weighted by Crippen LogP contribution is 2.14. The summed E-state index contributed by atoms with van der Waals surface area (Å²) in [7, 11) is -4.43. The third-order valence-electron chi connectivity index (χ3n) is 1.72. The van der Waals surface area contributed by atoms with Gasteiger partial charge in [-0.2, -0.15) is 8.42 Å². The van der Waals surface area contributed by atoms with Gasteiger partial charge in [-0.1, -0.05) is 13.8 Å². The van der Waals surface area contributed by atoms with Crippen LogP contribution in [0.2, 0.25) is 0 Å². The first-order valence-corrected chi connectivity index (χ1v) is 6.08. The Labute approximate surface area is 93.5 Å². The molecular weight excluding hydrogens is 234 g/mol. The maximum atomic E-state index is 11.3. The standard InChI is InChI=1S/C9H13NO5S/c1-7(2)5-10(11)6-8-3-4-15-9(8)16(12,13)14/h3-4,6-7H,5H2,1-2H3,(H,12,13,14). The van der Waals surface area contributed by atoms with Crippen LogP contribution in [0.1, 0.15) is 19.4 Å². The first-order valence-electron chi connectivity index (χ1n) is 4.64. The van der Waals surface area contributed by atoms with Crippen LogP contribution in [-0.2, 0) is 10.1 Å². The number of furan rings is 1. The van der Waals surface area contributed by atoms with Gasteiger partial charge in [0.25, 0.3) is 5.09 Å². The lowest BCUT2D eigenvalue weighted by molar-refractivity contribution is -0.459. The van der Waals surface area contributed by atoms with Crippen LogP contribution < -0.4 is 0 Å². The maximum absolute atomic E-state index is 11.3. The average molecular weight is 247 g/mol. The Morgan fingerprint density at radius 3 is 2.75 bits per heavy atom. The highest BCUT2D eigenvalue weighted by molar-refractivity contribution is 7.85. The molecule has 0 amide bonds. The minimum absolute atomic E-state index is 0.0400. The Hall–Kier alpha value is -1.34. The maximum Gasteiger partial charge on any atom is 0.329 e. The molecule has 1 aromatic rings. The molecule has 1 aromatic heterocycles. The third-order valence-corrected chi connectivity index (χ3v) is 2.52. The molecule has 7 heteroatoms. The van der Waals surface area contributed by atoms with Gasteiger partial charge in [0, 0.05) is 5.92 Å². The third kappa shape index (κ3) is 3.35. The number of hydrogen-bond acceptors (Lipinski definition) is 4. The van der Waals surface area contributed by atoms with Gasteiger partial charge in [0.05, 0.1) is 11.8 Å². The number of nitrogens with zero attached hydrogens (tertiary/aromatic N) is 1. The van der Waals surface area contributed by atoms with Gasteiger partial charge < -0.3 is 9.62 Å². The fraction of sp³-hybridized carbons (Fsp3) is 0.444. The Morgan fingerprint density at radius 2 is 2.25 bits per heavy atom. The van der Waals surface area contributed by atoms with Crippen LogP contribution in [0.4, 0.5) is 0 Å². The van der Waals surface area contributed by atoms with Crippen LogP contribution in [0.5, 0.6) is 0 Å². The average Bonchev–Trinajstić information content (AvgIpc) is 2.48. The molecular formula is C9H13NO5S. The Balaban J connectivity index is 3.03. The normalized spacial score (nSPS) is 13.4. The molecule has 1 heterocycles. The van der Waals surface area contributed by atoms with E-state index in [9.17, 15) is 13.6 Å². The van der Waals surface area contributed by atoms with Crippen molar-refractivity contribution in [3.63, 3.8) is 0 Å². The van der Waals surface area contributed by atoms with Crippen molar-refractivity contribution in [2.45, 2.75) is 18.9 Å². The summed E-state index contributed by atoms with van der Waals surface area (Å²) in [4.78, 5) is 0. The summed E-state index contributed by atoms with van der Waals surface area (Å²) < 4.78 is 35.7. The second kappa shape index (κ2) is 4.67. The second-order valence-electron chi connectivity index (χ2n) is 3.76. The predicted octanol–water partition coefficient (Wildman–Crippen LogP) is 1.11. The summed E-state index contributed by atoms with van der Waals surface area (Å²) in [5.41, 5.74) is 0.0400. The summed E-state index contributed by atoms with van der Waals surface area (Å²) in [5.74, 6) is 0.148. The predicted molar refractivity (Wildman–Crippen MR) is 57.0 cm³/mol. The van der Waals surface area contributed by atoms with Crippen LogP contribution in [0, 0.1) is 11.1 Å². The lowest BCUT2D eigenvalue weighted by atomic mass is 10.2. The molecule has 0 aliphatic carbocycles.